The second-order valence-corrected chi connectivity index (χ2v) is 4.75. The number of hydrogen-bond acceptors (Lipinski definition) is 3. The molecule has 2 nitrogen and oxygen atoms in total. The molecule has 0 fully saturated rings. The summed E-state index contributed by atoms with van der Waals surface area (Å²) in [5.74, 6) is 0.323. The predicted octanol–water partition coefficient (Wildman–Crippen LogP) is 3.91. The number of hydrogen-bond donors (Lipinski definition) is 0. The quantitative estimate of drug-likeness (QED) is 0.787. The molecular formula is C12H11ClFNOS. The largest absolute Gasteiger partial charge is 0.483 e. The van der Waals surface area contributed by atoms with E-state index in [0.717, 1.165) is 10.7 Å². The van der Waals surface area contributed by atoms with Gasteiger partial charge < -0.3 is 4.74 Å². The number of halogens is 2. The third-order valence-electron chi connectivity index (χ3n) is 2.24. The monoisotopic (exact) mass is 271 g/mol. The smallest absolute Gasteiger partial charge is 0.167 e. The lowest BCUT2D eigenvalue weighted by Crippen LogP contribution is -1.98. The standard InChI is InChI=1S/C12H11ClFNOS/c1-8-3-2-4-10(12(8)14)16-6-11-15-9(5-13)7-17-11/h2-4,7H,5-6H2,1H3. The molecule has 0 saturated carbocycles. The first-order valence-electron chi connectivity index (χ1n) is 5.08. The topological polar surface area (TPSA) is 22.1 Å². The molecule has 0 saturated heterocycles. The van der Waals surface area contributed by atoms with Gasteiger partial charge >= 0.3 is 0 Å². The summed E-state index contributed by atoms with van der Waals surface area (Å²) in [6.45, 7) is 1.97. The van der Waals surface area contributed by atoms with E-state index in [2.05, 4.69) is 4.98 Å². The second kappa shape index (κ2) is 5.47. The van der Waals surface area contributed by atoms with Crippen LogP contribution in [0.3, 0.4) is 0 Å². The summed E-state index contributed by atoms with van der Waals surface area (Å²) in [7, 11) is 0. The molecule has 1 aromatic carbocycles. The van der Waals surface area contributed by atoms with Crippen molar-refractivity contribution in [2.45, 2.75) is 19.4 Å². The highest BCUT2D eigenvalue weighted by Gasteiger charge is 2.07. The molecule has 0 spiro atoms. The van der Waals surface area contributed by atoms with Crippen molar-refractivity contribution in [3.8, 4) is 5.75 Å². The molecule has 90 valence electrons. The number of benzene rings is 1. The van der Waals surface area contributed by atoms with E-state index in [0.29, 0.717) is 11.4 Å². The van der Waals surface area contributed by atoms with Crippen molar-refractivity contribution in [2.75, 3.05) is 0 Å². The zero-order valence-electron chi connectivity index (χ0n) is 9.24. The van der Waals surface area contributed by atoms with E-state index in [4.69, 9.17) is 16.3 Å². The third-order valence-corrected chi connectivity index (χ3v) is 3.39. The van der Waals surface area contributed by atoms with Gasteiger partial charge in [0.25, 0.3) is 0 Å². The van der Waals surface area contributed by atoms with Gasteiger partial charge in [-0.25, -0.2) is 9.37 Å². The van der Waals surface area contributed by atoms with Crippen LogP contribution >= 0.6 is 22.9 Å². The normalized spacial score (nSPS) is 10.5. The number of ether oxygens (including phenoxy) is 1. The first-order valence-corrected chi connectivity index (χ1v) is 6.49. The van der Waals surface area contributed by atoms with Crippen molar-refractivity contribution in [3.63, 3.8) is 0 Å². The van der Waals surface area contributed by atoms with Crippen LogP contribution in [0.4, 0.5) is 4.39 Å². The Kier molecular flexibility index (Phi) is 3.97. The molecular weight excluding hydrogens is 261 g/mol. The molecule has 0 atom stereocenters. The van der Waals surface area contributed by atoms with Crippen molar-refractivity contribution in [1.82, 2.24) is 4.98 Å². The molecule has 0 radical (unpaired) electrons. The van der Waals surface area contributed by atoms with Gasteiger partial charge in [-0.2, -0.15) is 0 Å². The fourth-order valence-corrected chi connectivity index (χ4v) is 2.28. The Labute approximate surface area is 108 Å². The van der Waals surface area contributed by atoms with Gasteiger partial charge in [0.1, 0.15) is 11.6 Å². The number of alkyl halides is 1. The van der Waals surface area contributed by atoms with Crippen LogP contribution in [0.15, 0.2) is 23.6 Å². The molecule has 17 heavy (non-hydrogen) atoms. The van der Waals surface area contributed by atoms with Crippen molar-refractivity contribution in [1.29, 1.82) is 0 Å². The fourth-order valence-electron chi connectivity index (χ4n) is 1.35. The SMILES string of the molecule is Cc1cccc(OCc2nc(CCl)cs2)c1F. The summed E-state index contributed by atoms with van der Waals surface area (Å²) < 4.78 is 19.0. The summed E-state index contributed by atoms with van der Waals surface area (Å²) in [5, 5.41) is 2.67. The number of aromatic nitrogens is 1. The Morgan fingerprint density at radius 3 is 3.00 bits per heavy atom. The number of nitrogens with zero attached hydrogens (tertiary/aromatic N) is 1. The van der Waals surface area contributed by atoms with Crippen molar-refractivity contribution in [2.24, 2.45) is 0 Å². The molecule has 0 aliphatic heterocycles. The highest BCUT2D eigenvalue weighted by Crippen LogP contribution is 2.21. The summed E-state index contributed by atoms with van der Waals surface area (Å²) in [5.41, 5.74) is 1.39. The van der Waals surface area contributed by atoms with E-state index < -0.39 is 0 Å². The van der Waals surface area contributed by atoms with Crippen LogP contribution < -0.4 is 4.74 Å². The average Bonchev–Trinajstić information content (AvgIpc) is 2.79. The molecule has 0 aliphatic rings. The van der Waals surface area contributed by atoms with Crippen LogP contribution in [0.25, 0.3) is 0 Å². The minimum atomic E-state index is -0.318. The predicted molar refractivity (Wildman–Crippen MR) is 67.1 cm³/mol. The first kappa shape index (κ1) is 12.3. The van der Waals surface area contributed by atoms with Crippen LogP contribution in [0.2, 0.25) is 0 Å². The lowest BCUT2D eigenvalue weighted by molar-refractivity contribution is 0.289. The van der Waals surface area contributed by atoms with Crippen molar-refractivity contribution >= 4 is 22.9 Å². The maximum atomic E-state index is 13.6. The average molecular weight is 272 g/mol. The Hall–Kier alpha value is -1.13. The molecule has 2 aromatic rings. The van der Waals surface area contributed by atoms with Gasteiger partial charge in [-0.3, -0.25) is 0 Å². The van der Waals surface area contributed by atoms with Gasteiger partial charge in [-0.1, -0.05) is 12.1 Å². The highest BCUT2D eigenvalue weighted by molar-refractivity contribution is 7.09. The molecule has 0 amide bonds. The van der Waals surface area contributed by atoms with Crippen molar-refractivity contribution < 1.29 is 9.13 Å². The summed E-state index contributed by atoms with van der Waals surface area (Å²) >= 11 is 7.11. The molecule has 1 aromatic heterocycles. The van der Waals surface area contributed by atoms with Gasteiger partial charge in [0.2, 0.25) is 0 Å². The molecule has 0 bridgehead atoms. The third kappa shape index (κ3) is 2.96. The van der Waals surface area contributed by atoms with E-state index >= 15 is 0 Å². The Balaban J connectivity index is 2.04. The Morgan fingerprint density at radius 2 is 2.29 bits per heavy atom. The van der Waals surface area contributed by atoms with E-state index in [1.165, 1.54) is 11.3 Å². The highest BCUT2D eigenvalue weighted by atomic mass is 35.5. The zero-order chi connectivity index (χ0) is 12.3. The van der Waals surface area contributed by atoms with E-state index in [1.807, 2.05) is 5.38 Å². The van der Waals surface area contributed by atoms with Gasteiger partial charge in [-0.15, -0.1) is 22.9 Å². The molecule has 0 unspecified atom stereocenters. The van der Waals surface area contributed by atoms with Crippen molar-refractivity contribution in [3.05, 3.63) is 45.7 Å². The molecule has 0 N–H and O–H groups in total. The second-order valence-electron chi connectivity index (χ2n) is 3.54. The first-order chi connectivity index (χ1) is 8.20. The van der Waals surface area contributed by atoms with Gasteiger partial charge in [-0.05, 0) is 18.6 Å². The van der Waals surface area contributed by atoms with Gasteiger partial charge in [0.05, 0.1) is 11.6 Å². The van der Waals surface area contributed by atoms with Crippen LogP contribution in [0.5, 0.6) is 5.75 Å². The van der Waals surface area contributed by atoms with E-state index in [1.54, 1.807) is 25.1 Å². The van der Waals surface area contributed by atoms with Gasteiger partial charge in [0.15, 0.2) is 11.6 Å². The number of aryl methyl sites for hydroxylation is 1. The molecule has 0 aliphatic carbocycles. The molecule has 1 heterocycles. The summed E-state index contributed by atoms with van der Waals surface area (Å²) in [6, 6.07) is 5.08. The molecule has 2 rings (SSSR count). The lowest BCUT2D eigenvalue weighted by Gasteiger charge is -2.06. The van der Waals surface area contributed by atoms with Crippen LogP contribution in [-0.2, 0) is 12.5 Å². The van der Waals surface area contributed by atoms with Crippen LogP contribution in [0.1, 0.15) is 16.3 Å². The fraction of sp³-hybridized carbons (Fsp3) is 0.250. The Bertz CT molecular complexity index is 515. The van der Waals surface area contributed by atoms with E-state index in [-0.39, 0.29) is 18.2 Å². The summed E-state index contributed by atoms with van der Waals surface area (Å²) in [6.07, 6.45) is 0. The maximum absolute atomic E-state index is 13.6. The lowest BCUT2D eigenvalue weighted by atomic mass is 10.2. The molecule has 5 heteroatoms. The minimum absolute atomic E-state index is 0.257. The van der Waals surface area contributed by atoms with Gasteiger partial charge in [0, 0.05) is 5.38 Å². The number of rotatable bonds is 4. The Morgan fingerprint density at radius 1 is 1.47 bits per heavy atom. The minimum Gasteiger partial charge on any atom is -0.483 e. The number of thiazole rings is 1. The summed E-state index contributed by atoms with van der Waals surface area (Å²) in [4.78, 5) is 4.24. The maximum Gasteiger partial charge on any atom is 0.167 e. The zero-order valence-corrected chi connectivity index (χ0v) is 10.8. The van der Waals surface area contributed by atoms with E-state index in [9.17, 15) is 4.39 Å². The van der Waals surface area contributed by atoms with Crippen LogP contribution in [-0.4, -0.2) is 4.98 Å². The van der Waals surface area contributed by atoms with Crippen LogP contribution in [0, 0.1) is 12.7 Å².